The highest BCUT2D eigenvalue weighted by atomic mass is 32.2. The van der Waals surface area contributed by atoms with Gasteiger partial charge in [-0.25, -0.2) is 0 Å². The maximum absolute atomic E-state index is 11.1. The fourth-order valence-corrected chi connectivity index (χ4v) is 3.95. The van der Waals surface area contributed by atoms with Crippen molar-refractivity contribution in [2.45, 2.75) is 4.93 Å². The summed E-state index contributed by atoms with van der Waals surface area (Å²) in [5, 5.41) is 9.63. The average molecular weight is 242 g/mol. The van der Waals surface area contributed by atoms with Gasteiger partial charge in [0, 0.05) is 11.5 Å². The third-order valence-electron chi connectivity index (χ3n) is 2.07. The first-order chi connectivity index (χ1) is 6.33. The number of methoxy groups -OCH3 is 1. The first-order valence-corrected chi connectivity index (χ1v) is 6.27. The molecule has 0 aromatic rings. The smallest absolute Gasteiger partial charge is 0.313 e. The van der Waals surface area contributed by atoms with E-state index in [4.69, 9.17) is 4.55 Å². The molecule has 8 heteroatoms. The van der Waals surface area contributed by atoms with Crippen LogP contribution in [-0.2, 0) is 19.6 Å². The van der Waals surface area contributed by atoms with Crippen LogP contribution in [-0.4, -0.2) is 47.6 Å². The van der Waals surface area contributed by atoms with E-state index >= 15 is 0 Å². The largest absolute Gasteiger partial charge is 0.469 e. The van der Waals surface area contributed by atoms with Crippen LogP contribution < -0.4 is 0 Å². The Labute approximate surface area is 85.4 Å². The second-order valence-electron chi connectivity index (χ2n) is 2.91. The number of carbonyl (C=O) groups excluding carboxylic acids is 1. The highest BCUT2D eigenvalue weighted by molar-refractivity contribution is 8.01. The number of hydrogen-bond acceptors (Lipinski definition) is 6. The molecule has 1 aliphatic heterocycles. The first kappa shape index (κ1) is 11.8. The maximum Gasteiger partial charge on any atom is 0.313 e. The summed E-state index contributed by atoms with van der Waals surface area (Å²) in [7, 11) is -3.58. The van der Waals surface area contributed by atoms with E-state index in [1.54, 1.807) is 0 Å². The minimum absolute atomic E-state index is 0.114. The molecule has 0 aromatic heterocycles. The van der Waals surface area contributed by atoms with E-state index in [0.29, 0.717) is 0 Å². The standard InChI is InChI=1S/C6H10O6S2/c1-12-5(7)4-2-13-3-6(4,8)14(9,10)11/h4,8H,2-3H2,1H3,(H,9,10,11). The van der Waals surface area contributed by atoms with Gasteiger partial charge in [-0.1, -0.05) is 0 Å². The zero-order valence-electron chi connectivity index (χ0n) is 7.34. The maximum atomic E-state index is 11.1. The first-order valence-electron chi connectivity index (χ1n) is 3.68. The molecular formula is C6H10O6S2. The minimum atomic E-state index is -4.67. The van der Waals surface area contributed by atoms with Crippen molar-refractivity contribution in [3.8, 4) is 0 Å². The molecule has 1 fully saturated rings. The van der Waals surface area contributed by atoms with Crippen LogP contribution in [0.5, 0.6) is 0 Å². The molecule has 0 aliphatic carbocycles. The third kappa shape index (κ3) is 1.74. The number of carbonyl (C=O) groups is 1. The average Bonchev–Trinajstić information content (AvgIpc) is 2.46. The Morgan fingerprint density at radius 2 is 2.21 bits per heavy atom. The van der Waals surface area contributed by atoms with Crippen molar-refractivity contribution >= 4 is 27.8 Å². The fraction of sp³-hybridized carbons (Fsp3) is 0.833. The molecule has 0 aromatic carbocycles. The van der Waals surface area contributed by atoms with E-state index in [2.05, 4.69) is 4.74 Å². The molecule has 2 atom stereocenters. The van der Waals surface area contributed by atoms with Gasteiger partial charge in [-0.15, -0.1) is 0 Å². The van der Waals surface area contributed by atoms with Gasteiger partial charge < -0.3 is 9.84 Å². The number of thioether (sulfide) groups is 1. The molecule has 1 aliphatic rings. The summed E-state index contributed by atoms with van der Waals surface area (Å²) < 4.78 is 34.9. The second-order valence-corrected chi connectivity index (χ2v) is 5.60. The lowest BCUT2D eigenvalue weighted by Gasteiger charge is -2.23. The van der Waals surface area contributed by atoms with Crippen LogP contribution in [0.15, 0.2) is 0 Å². The van der Waals surface area contributed by atoms with Crippen LogP contribution in [0.1, 0.15) is 0 Å². The van der Waals surface area contributed by atoms with E-state index < -0.39 is 26.9 Å². The third-order valence-corrected chi connectivity index (χ3v) is 4.79. The normalized spacial score (nSPS) is 32.9. The van der Waals surface area contributed by atoms with E-state index in [9.17, 15) is 18.3 Å². The predicted molar refractivity (Wildman–Crippen MR) is 49.3 cm³/mol. The van der Waals surface area contributed by atoms with Crippen molar-refractivity contribution in [3.63, 3.8) is 0 Å². The summed E-state index contributed by atoms with van der Waals surface area (Å²) in [5.74, 6) is -2.18. The quantitative estimate of drug-likeness (QED) is 0.478. The lowest BCUT2D eigenvalue weighted by Crippen LogP contribution is -2.48. The Balaban J connectivity index is 3.04. The van der Waals surface area contributed by atoms with Crippen LogP contribution in [0.3, 0.4) is 0 Å². The zero-order valence-corrected chi connectivity index (χ0v) is 8.97. The van der Waals surface area contributed by atoms with Crippen molar-refractivity contribution in [1.82, 2.24) is 0 Å². The predicted octanol–water partition coefficient (Wildman–Crippen LogP) is -0.901. The minimum Gasteiger partial charge on any atom is -0.469 e. The number of aliphatic hydroxyl groups is 1. The highest BCUT2D eigenvalue weighted by Crippen LogP contribution is 2.37. The molecule has 0 saturated carbocycles. The Hall–Kier alpha value is -0.310. The topological polar surface area (TPSA) is 101 Å². The molecule has 0 bridgehead atoms. The van der Waals surface area contributed by atoms with E-state index in [1.807, 2.05) is 0 Å². The van der Waals surface area contributed by atoms with Gasteiger partial charge in [-0.2, -0.15) is 20.2 Å². The number of hydrogen-bond donors (Lipinski definition) is 2. The van der Waals surface area contributed by atoms with E-state index in [0.717, 1.165) is 18.9 Å². The van der Waals surface area contributed by atoms with Gasteiger partial charge in [0.25, 0.3) is 10.1 Å². The van der Waals surface area contributed by atoms with Crippen molar-refractivity contribution in [3.05, 3.63) is 0 Å². The van der Waals surface area contributed by atoms with Crippen molar-refractivity contribution < 1.29 is 27.6 Å². The highest BCUT2D eigenvalue weighted by Gasteiger charge is 2.55. The van der Waals surface area contributed by atoms with Gasteiger partial charge in [0.15, 0.2) is 0 Å². The molecule has 6 nitrogen and oxygen atoms in total. The summed E-state index contributed by atoms with van der Waals surface area (Å²) in [6.45, 7) is 0. The Morgan fingerprint density at radius 1 is 1.64 bits per heavy atom. The van der Waals surface area contributed by atoms with Gasteiger partial charge in [0.05, 0.1) is 7.11 Å². The molecule has 0 spiro atoms. The summed E-state index contributed by atoms with van der Waals surface area (Å²) >= 11 is 1.07. The fourth-order valence-electron chi connectivity index (χ4n) is 1.20. The molecule has 82 valence electrons. The van der Waals surface area contributed by atoms with Crippen molar-refractivity contribution in [1.29, 1.82) is 0 Å². The van der Waals surface area contributed by atoms with Crippen LogP contribution in [0.25, 0.3) is 0 Å². The SMILES string of the molecule is COC(=O)C1CSCC1(O)S(=O)(=O)O. The molecule has 0 amide bonds. The summed E-state index contributed by atoms with van der Waals surface area (Å²) in [5.41, 5.74) is 0. The van der Waals surface area contributed by atoms with Crippen LogP contribution in [0.4, 0.5) is 0 Å². The molecule has 0 radical (unpaired) electrons. The molecule has 1 heterocycles. The summed E-state index contributed by atoms with van der Waals surface area (Å²) in [6, 6.07) is 0. The lowest BCUT2D eigenvalue weighted by atomic mass is 10.1. The molecule has 2 unspecified atom stereocenters. The van der Waals surface area contributed by atoms with Crippen molar-refractivity contribution in [2.75, 3.05) is 18.6 Å². The number of esters is 1. The summed E-state index contributed by atoms with van der Waals surface area (Å²) in [4.78, 5) is 8.69. The van der Waals surface area contributed by atoms with Gasteiger partial charge in [0.1, 0.15) is 5.92 Å². The van der Waals surface area contributed by atoms with Gasteiger partial charge >= 0.3 is 5.97 Å². The molecule has 2 N–H and O–H groups in total. The monoisotopic (exact) mass is 242 g/mol. The molecule has 1 rings (SSSR count). The van der Waals surface area contributed by atoms with Crippen LogP contribution in [0, 0.1) is 5.92 Å². The van der Waals surface area contributed by atoms with Crippen LogP contribution >= 0.6 is 11.8 Å². The van der Waals surface area contributed by atoms with Gasteiger partial charge in [-0.05, 0) is 0 Å². The molecule has 14 heavy (non-hydrogen) atoms. The second kappa shape index (κ2) is 3.69. The van der Waals surface area contributed by atoms with E-state index in [-0.39, 0.29) is 11.5 Å². The molecular weight excluding hydrogens is 232 g/mol. The van der Waals surface area contributed by atoms with Crippen LogP contribution in [0.2, 0.25) is 0 Å². The van der Waals surface area contributed by atoms with Gasteiger partial charge in [-0.3, -0.25) is 9.35 Å². The van der Waals surface area contributed by atoms with E-state index in [1.165, 1.54) is 0 Å². The zero-order chi connectivity index (χ0) is 11.0. The van der Waals surface area contributed by atoms with Gasteiger partial charge in [0.2, 0.25) is 4.93 Å². The Bertz CT molecular complexity index is 336. The Kier molecular flexibility index (Phi) is 3.10. The summed E-state index contributed by atoms with van der Waals surface area (Å²) in [6.07, 6.45) is 0. The lowest BCUT2D eigenvalue weighted by molar-refractivity contribution is -0.148. The molecule has 1 saturated heterocycles. The number of ether oxygens (including phenoxy) is 1. The number of rotatable bonds is 2. The van der Waals surface area contributed by atoms with Crippen molar-refractivity contribution in [2.24, 2.45) is 5.92 Å². The Morgan fingerprint density at radius 3 is 2.64 bits per heavy atom.